The molecule has 0 unspecified atom stereocenters. The number of hydrogen-bond acceptors (Lipinski definition) is 3. The minimum absolute atomic E-state index is 0.0529. The van der Waals surface area contributed by atoms with Gasteiger partial charge in [-0.05, 0) is 44.4 Å². The van der Waals surface area contributed by atoms with Crippen LogP contribution >= 0.6 is 0 Å². The van der Waals surface area contributed by atoms with E-state index in [-0.39, 0.29) is 24.0 Å². The van der Waals surface area contributed by atoms with E-state index in [2.05, 4.69) is 15.6 Å². The monoisotopic (exact) mass is 320 g/mol. The Morgan fingerprint density at radius 2 is 1.74 bits per heavy atom. The third kappa shape index (κ3) is 5.54. The average molecular weight is 320 g/mol. The first-order valence-electron chi connectivity index (χ1n) is 8.14. The van der Waals surface area contributed by atoms with Crippen LogP contribution in [0, 0.1) is 0 Å². The molecule has 0 aliphatic heterocycles. The molecule has 0 aromatic carbocycles. The molecule has 0 aliphatic carbocycles. The predicted molar refractivity (Wildman–Crippen MR) is 90.9 cm³/mol. The Bertz CT molecular complexity index is 507. The quantitative estimate of drug-likeness (QED) is 0.810. The van der Waals surface area contributed by atoms with Gasteiger partial charge < -0.3 is 15.5 Å². The normalized spacial score (nSPS) is 14.5. The molecule has 6 nitrogen and oxygen atoms in total. The fourth-order valence-electron chi connectivity index (χ4n) is 2.28. The van der Waals surface area contributed by atoms with Crippen LogP contribution in [0.2, 0.25) is 0 Å². The highest BCUT2D eigenvalue weighted by Crippen LogP contribution is 2.22. The van der Waals surface area contributed by atoms with Crippen molar-refractivity contribution in [1.29, 1.82) is 0 Å². The summed E-state index contributed by atoms with van der Waals surface area (Å²) in [6.07, 6.45) is 5.06. The van der Waals surface area contributed by atoms with Crippen LogP contribution in [0.1, 0.15) is 52.1 Å². The number of urea groups is 1. The van der Waals surface area contributed by atoms with Crippen molar-refractivity contribution in [2.75, 3.05) is 7.05 Å². The topological polar surface area (TPSA) is 74.3 Å². The lowest BCUT2D eigenvalue weighted by Gasteiger charge is -2.29. The summed E-state index contributed by atoms with van der Waals surface area (Å²) in [6, 6.07) is 3.01. The number of pyridine rings is 1. The Labute approximate surface area is 138 Å². The summed E-state index contributed by atoms with van der Waals surface area (Å²) in [7, 11) is 1.74. The van der Waals surface area contributed by atoms with Gasteiger partial charge in [-0.3, -0.25) is 9.78 Å². The summed E-state index contributed by atoms with van der Waals surface area (Å²) in [4.78, 5) is 30.1. The van der Waals surface area contributed by atoms with E-state index in [1.54, 1.807) is 31.3 Å². The van der Waals surface area contributed by atoms with Crippen molar-refractivity contribution in [3.8, 4) is 0 Å². The van der Waals surface area contributed by atoms with Gasteiger partial charge in [-0.1, -0.05) is 13.8 Å². The van der Waals surface area contributed by atoms with Gasteiger partial charge in [0.25, 0.3) is 0 Å². The summed E-state index contributed by atoms with van der Waals surface area (Å²) in [5.74, 6) is -0.168. The predicted octanol–water partition coefficient (Wildman–Crippen LogP) is 2.48. The lowest BCUT2D eigenvalue weighted by atomic mass is 10.1. The Kier molecular flexibility index (Phi) is 7.51. The zero-order valence-corrected chi connectivity index (χ0v) is 14.7. The van der Waals surface area contributed by atoms with E-state index < -0.39 is 6.04 Å². The van der Waals surface area contributed by atoms with Gasteiger partial charge in [0.05, 0.1) is 6.04 Å². The molecule has 0 bridgehead atoms. The zero-order chi connectivity index (χ0) is 17.4. The minimum Gasteiger partial charge on any atom is -0.352 e. The smallest absolute Gasteiger partial charge is 0.318 e. The van der Waals surface area contributed by atoms with E-state index in [1.807, 2.05) is 32.9 Å². The van der Waals surface area contributed by atoms with E-state index in [0.717, 1.165) is 18.4 Å². The molecule has 0 saturated heterocycles. The van der Waals surface area contributed by atoms with Crippen LogP contribution < -0.4 is 10.6 Å². The first-order valence-corrected chi connectivity index (χ1v) is 8.14. The molecule has 1 aromatic rings. The summed E-state index contributed by atoms with van der Waals surface area (Å²) in [5.41, 5.74) is 1.02. The van der Waals surface area contributed by atoms with Gasteiger partial charge in [0, 0.05) is 25.5 Å². The first kappa shape index (κ1) is 18.9. The molecule has 6 heteroatoms. The van der Waals surface area contributed by atoms with Crippen molar-refractivity contribution < 1.29 is 9.59 Å². The maximum atomic E-state index is 12.4. The van der Waals surface area contributed by atoms with Crippen LogP contribution in [-0.2, 0) is 4.79 Å². The number of carbonyl (C=O) groups is 2. The molecule has 23 heavy (non-hydrogen) atoms. The second-order valence-electron chi connectivity index (χ2n) is 5.80. The van der Waals surface area contributed by atoms with Crippen molar-refractivity contribution in [2.45, 2.75) is 58.7 Å². The molecule has 0 fully saturated rings. The minimum atomic E-state index is -0.575. The molecule has 0 aliphatic rings. The van der Waals surface area contributed by atoms with Crippen molar-refractivity contribution >= 4 is 11.9 Å². The third-order valence-corrected chi connectivity index (χ3v) is 4.00. The molecule has 0 saturated carbocycles. The van der Waals surface area contributed by atoms with Crippen molar-refractivity contribution in [3.05, 3.63) is 30.1 Å². The van der Waals surface area contributed by atoms with Gasteiger partial charge in [-0.2, -0.15) is 0 Å². The van der Waals surface area contributed by atoms with Gasteiger partial charge in [0.1, 0.15) is 6.04 Å². The fourth-order valence-corrected chi connectivity index (χ4v) is 2.28. The average Bonchev–Trinajstić information content (AvgIpc) is 2.55. The Morgan fingerprint density at radius 3 is 2.26 bits per heavy atom. The van der Waals surface area contributed by atoms with Gasteiger partial charge in [0.2, 0.25) is 5.91 Å². The van der Waals surface area contributed by atoms with Crippen molar-refractivity contribution in [1.82, 2.24) is 20.5 Å². The molecule has 3 amide bonds. The largest absolute Gasteiger partial charge is 0.352 e. The summed E-state index contributed by atoms with van der Waals surface area (Å²) in [6.45, 7) is 7.66. The van der Waals surface area contributed by atoms with E-state index in [0.29, 0.717) is 0 Å². The number of aromatic nitrogens is 1. The zero-order valence-electron chi connectivity index (χ0n) is 14.7. The first-order chi connectivity index (χ1) is 10.9. The van der Waals surface area contributed by atoms with Crippen molar-refractivity contribution in [2.24, 2.45) is 0 Å². The maximum absolute atomic E-state index is 12.4. The van der Waals surface area contributed by atoms with E-state index in [9.17, 15) is 9.59 Å². The second-order valence-corrected chi connectivity index (χ2v) is 5.80. The number of nitrogens with zero attached hydrogens (tertiary/aromatic N) is 2. The molecular weight excluding hydrogens is 292 g/mol. The Balaban J connectivity index is 2.66. The maximum Gasteiger partial charge on any atom is 0.318 e. The fraction of sp³-hybridized carbons (Fsp3) is 0.588. The number of amides is 3. The standard InChI is InChI=1S/C17H28N4O2/c1-6-12(3)19-16(22)13(4)20-17(23)21(5)15(7-2)14-8-10-18-11-9-14/h8-13,15H,6-7H2,1-5H3,(H,19,22)(H,20,23)/t12-,13-,15+/m0/s1. The lowest BCUT2D eigenvalue weighted by Crippen LogP contribution is -2.51. The second kappa shape index (κ2) is 9.12. The number of carbonyl (C=O) groups excluding carboxylic acids is 2. The number of rotatable bonds is 7. The highest BCUT2D eigenvalue weighted by atomic mass is 16.2. The van der Waals surface area contributed by atoms with Crippen LogP contribution in [0.25, 0.3) is 0 Å². The summed E-state index contributed by atoms with van der Waals surface area (Å²) in [5, 5.41) is 5.62. The van der Waals surface area contributed by atoms with Crippen LogP contribution in [0.15, 0.2) is 24.5 Å². The number of hydrogen-bond donors (Lipinski definition) is 2. The van der Waals surface area contributed by atoms with Gasteiger partial charge in [0.15, 0.2) is 0 Å². The molecule has 1 aromatic heterocycles. The van der Waals surface area contributed by atoms with E-state index >= 15 is 0 Å². The molecule has 0 spiro atoms. The van der Waals surface area contributed by atoms with E-state index in [1.165, 1.54) is 0 Å². The molecule has 0 radical (unpaired) electrons. The lowest BCUT2D eigenvalue weighted by molar-refractivity contribution is -0.123. The molecular formula is C17H28N4O2. The van der Waals surface area contributed by atoms with E-state index in [4.69, 9.17) is 0 Å². The van der Waals surface area contributed by atoms with Gasteiger partial charge >= 0.3 is 6.03 Å². The summed E-state index contributed by atoms with van der Waals surface area (Å²) >= 11 is 0. The Hall–Kier alpha value is -2.11. The van der Waals surface area contributed by atoms with Crippen molar-refractivity contribution in [3.63, 3.8) is 0 Å². The Morgan fingerprint density at radius 1 is 1.13 bits per heavy atom. The van der Waals surface area contributed by atoms with Gasteiger partial charge in [-0.25, -0.2) is 4.79 Å². The van der Waals surface area contributed by atoms with Gasteiger partial charge in [-0.15, -0.1) is 0 Å². The van der Waals surface area contributed by atoms with Crippen LogP contribution in [0.5, 0.6) is 0 Å². The highest BCUT2D eigenvalue weighted by molar-refractivity contribution is 5.86. The summed E-state index contributed by atoms with van der Waals surface area (Å²) < 4.78 is 0. The highest BCUT2D eigenvalue weighted by Gasteiger charge is 2.23. The molecule has 2 N–H and O–H groups in total. The molecule has 1 heterocycles. The molecule has 1 rings (SSSR count). The van der Waals surface area contributed by atoms with Crippen LogP contribution in [-0.4, -0.2) is 41.0 Å². The van der Waals surface area contributed by atoms with Crippen LogP contribution in [0.3, 0.4) is 0 Å². The van der Waals surface area contributed by atoms with Crippen LogP contribution in [0.4, 0.5) is 4.79 Å². The molecule has 3 atom stereocenters. The number of nitrogens with one attached hydrogen (secondary N) is 2. The SMILES string of the molecule is CC[C@H](c1ccncc1)N(C)C(=O)N[C@@H](C)C(=O)N[C@@H](C)CC. The third-order valence-electron chi connectivity index (χ3n) is 4.00. The molecule has 128 valence electrons.